The van der Waals surface area contributed by atoms with Gasteiger partial charge in [-0.2, -0.15) is 0 Å². The monoisotopic (exact) mass is 275 g/mol. The normalized spacial score (nSPS) is 18.4. The van der Waals surface area contributed by atoms with Crippen molar-refractivity contribution < 1.29 is 4.79 Å². The van der Waals surface area contributed by atoms with Crippen molar-refractivity contribution in [1.82, 2.24) is 15.5 Å². The highest BCUT2D eigenvalue weighted by Gasteiger charge is 2.22. The first kappa shape index (κ1) is 15.0. The van der Waals surface area contributed by atoms with Gasteiger partial charge in [-0.05, 0) is 32.0 Å². The van der Waals surface area contributed by atoms with E-state index in [2.05, 4.69) is 53.6 Å². The van der Waals surface area contributed by atoms with Crippen molar-refractivity contribution in [3.63, 3.8) is 0 Å². The SMILES string of the molecule is CCN(CC(=O)NCc1ccc(C)cc1)C1CCNC1. The standard InChI is InChI=1S/C16H25N3O/c1-3-19(15-8-9-17-11-15)12-16(20)18-10-14-6-4-13(2)5-7-14/h4-7,15,17H,3,8-12H2,1-2H3,(H,18,20). The number of amides is 1. The Kier molecular flexibility index (Phi) is 5.56. The third-order valence-electron chi connectivity index (χ3n) is 3.91. The predicted molar refractivity (Wildman–Crippen MR) is 81.5 cm³/mol. The van der Waals surface area contributed by atoms with Crippen LogP contribution in [0.15, 0.2) is 24.3 Å². The maximum absolute atomic E-state index is 12.0. The van der Waals surface area contributed by atoms with Crippen LogP contribution in [-0.2, 0) is 11.3 Å². The number of benzene rings is 1. The molecule has 1 amide bonds. The summed E-state index contributed by atoms with van der Waals surface area (Å²) in [7, 11) is 0. The van der Waals surface area contributed by atoms with Gasteiger partial charge >= 0.3 is 0 Å². The zero-order valence-electron chi connectivity index (χ0n) is 12.5. The van der Waals surface area contributed by atoms with Crippen molar-refractivity contribution in [1.29, 1.82) is 0 Å². The minimum atomic E-state index is 0.110. The number of likely N-dealkylation sites (N-methyl/N-ethyl adjacent to an activating group) is 1. The lowest BCUT2D eigenvalue weighted by molar-refractivity contribution is -0.122. The maximum Gasteiger partial charge on any atom is 0.234 e. The summed E-state index contributed by atoms with van der Waals surface area (Å²) in [6.07, 6.45) is 1.14. The highest BCUT2D eigenvalue weighted by Crippen LogP contribution is 2.07. The molecule has 1 aliphatic heterocycles. The average molecular weight is 275 g/mol. The summed E-state index contributed by atoms with van der Waals surface area (Å²) in [4.78, 5) is 14.3. The lowest BCUT2D eigenvalue weighted by Gasteiger charge is -2.26. The topological polar surface area (TPSA) is 44.4 Å². The van der Waals surface area contributed by atoms with Crippen LogP contribution in [0.1, 0.15) is 24.5 Å². The molecule has 4 nitrogen and oxygen atoms in total. The van der Waals surface area contributed by atoms with Crippen LogP contribution in [0.2, 0.25) is 0 Å². The van der Waals surface area contributed by atoms with E-state index in [0.717, 1.165) is 31.6 Å². The second-order valence-electron chi connectivity index (χ2n) is 5.47. The Morgan fingerprint density at radius 1 is 1.40 bits per heavy atom. The fourth-order valence-corrected chi connectivity index (χ4v) is 2.60. The van der Waals surface area contributed by atoms with Crippen molar-refractivity contribution in [2.24, 2.45) is 0 Å². The van der Waals surface area contributed by atoms with E-state index in [4.69, 9.17) is 0 Å². The number of nitrogens with zero attached hydrogens (tertiary/aromatic N) is 1. The molecule has 20 heavy (non-hydrogen) atoms. The summed E-state index contributed by atoms with van der Waals surface area (Å²) < 4.78 is 0. The molecule has 1 saturated heterocycles. The van der Waals surface area contributed by atoms with E-state index in [-0.39, 0.29) is 5.91 Å². The van der Waals surface area contributed by atoms with E-state index >= 15 is 0 Å². The maximum atomic E-state index is 12.0. The van der Waals surface area contributed by atoms with E-state index in [0.29, 0.717) is 19.1 Å². The molecule has 110 valence electrons. The van der Waals surface area contributed by atoms with Crippen LogP contribution in [0.5, 0.6) is 0 Å². The van der Waals surface area contributed by atoms with E-state index < -0.39 is 0 Å². The second kappa shape index (κ2) is 7.41. The highest BCUT2D eigenvalue weighted by molar-refractivity contribution is 5.78. The lowest BCUT2D eigenvalue weighted by atomic mass is 10.1. The van der Waals surface area contributed by atoms with Gasteiger partial charge in [-0.15, -0.1) is 0 Å². The Morgan fingerprint density at radius 3 is 2.75 bits per heavy atom. The molecule has 0 radical (unpaired) electrons. The molecular formula is C16H25N3O. The molecule has 1 atom stereocenters. The van der Waals surface area contributed by atoms with Crippen molar-refractivity contribution in [3.05, 3.63) is 35.4 Å². The molecule has 1 unspecified atom stereocenters. The molecule has 2 rings (SSSR count). The minimum Gasteiger partial charge on any atom is -0.351 e. The molecule has 0 aromatic heterocycles. The van der Waals surface area contributed by atoms with Gasteiger partial charge in [-0.1, -0.05) is 36.8 Å². The molecule has 1 fully saturated rings. The van der Waals surface area contributed by atoms with Gasteiger partial charge in [-0.3, -0.25) is 9.69 Å². The molecule has 0 bridgehead atoms. The summed E-state index contributed by atoms with van der Waals surface area (Å²) in [6.45, 7) is 8.27. The molecule has 0 aliphatic carbocycles. The minimum absolute atomic E-state index is 0.110. The largest absolute Gasteiger partial charge is 0.351 e. The van der Waals surface area contributed by atoms with Gasteiger partial charge in [0.2, 0.25) is 5.91 Å². The van der Waals surface area contributed by atoms with Crippen molar-refractivity contribution in [3.8, 4) is 0 Å². The zero-order valence-corrected chi connectivity index (χ0v) is 12.5. The predicted octanol–water partition coefficient (Wildman–Crippen LogP) is 1.30. The Balaban J connectivity index is 1.77. The second-order valence-corrected chi connectivity index (χ2v) is 5.47. The summed E-state index contributed by atoms with van der Waals surface area (Å²) in [5.74, 6) is 0.110. The Morgan fingerprint density at radius 2 is 2.15 bits per heavy atom. The van der Waals surface area contributed by atoms with Crippen LogP contribution in [0.3, 0.4) is 0 Å². The molecular weight excluding hydrogens is 250 g/mol. The quantitative estimate of drug-likeness (QED) is 0.822. The first-order valence-electron chi connectivity index (χ1n) is 7.46. The first-order chi connectivity index (χ1) is 9.69. The van der Waals surface area contributed by atoms with Gasteiger partial charge in [0.25, 0.3) is 0 Å². The molecule has 0 spiro atoms. The van der Waals surface area contributed by atoms with Crippen LogP contribution in [0, 0.1) is 6.92 Å². The van der Waals surface area contributed by atoms with Gasteiger partial charge in [0.05, 0.1) is 6.54 Å². The molecule has 1 heterocycles. The van der Waals surface area contributed by atoms with Crippen molar-refractivity contribution >= 4 is 5.91 Å². The number of nitrogens with one attached hydrogen (secondary N) is 2. The van der Waals surface area contributed by atoms with Crippen LogP contribution in [-0.4, -0.2) is 43.0 Å². The number of carbonyl (C=O) groups excluding carboxylic acids is 1. The third-order valence-corrected chi connectivity index (χ3v) is 3.91. The molecule has 4 heteroatoms. The van der Waals surface area contributed by atoms with E-state index in [9.17, 15) is 4.79 Å². The van der Waals surface area contributed by atoms with Crippen molar-refractivity contribution in [2.45, 2.75) is 32.9 Å². The van der Waals surface area contributed by atoms with Gasteiger partial charge in [0, 0.05) is 19.1 Å². The smallest absolute Gasteiger partial charge is 0.234 e. The third kappa shape index (κ3) is 4.32. The Labute approximate surface area is 121 Å². The number of hydrogen-bond acceptors (Lipinski definition) is 3. The van der Waals surface area contributed by atoms with E-state index in [1.54, 1.807) is 0 Å². The molecule has 1 aromatic rings. The molecule has 1 aromatic carbocycles. The number of aryl methyl sites for hydroxylation is 1. The molecule has 1 aliphatic rings. The zero-order chi connectivity index (χ0) is 14.4. The van der Waals surface area contributed by atoms with Crippen LogP contribution in [0.25, 0.3) is 0 Å². The fraction of sp³-hybridized carbons (Fsp3) is 0.562. The summed E-state index contributed by atoms with van der Waals surface area (Å²) in [6, 6.07) is 8.78. The van der Waals surface area contributed by atoms with Crippen LogP contribution < -0.4 is 10.6 Å². The lowest BCUT2D eigenvalue weighted by Crippen LogP contribution is -2.43. The summed E-state index contributed by atoms with van der Waals surface area (Å²) in [5.41, 5.74) is 2.39. The summed E-state index contributed by atoms with van der Waals surface area (Å²) in [5, 5.41) is 6.36. The van der Waals surface area contributed by atoms with Gasteiger partial charge in [-0.25, -0.2) is 0 Å². The van der Waals surface area contributed by atoms with Gasteiger partial charge < -0.3 is 10.6 Å². The Hall–Kier alpha value is -1.39. The molecule has 2 N–H and O–H groups in total. The van der Waals surface area contributed by atoms with Gasteiger partial charge in [0.15, 0.2) is 0 Å². The number of rotatable bonds is 6. The molecule has 0 saturated carbocycles. The van der Waals surface area contributed by atoms with E-state index in [1.807, 2.05) is 0 Å². The number of carbonyl (C=O) groups is 1. The average Bonchev–Trinajstić information content (AvgIpc) is 2.98. The first-order valence-corrected chi connectivity index (χ1v) is 7.46. The van der Waals surface area contributed by atoms with Crippen molar-refractivity contribution in [2.75, 3.05) is 26.2 Å². The van der Waals surface area contributed by atoms with Crippen LogP contribution >= 0.6 is 0 Å². The fourth-order valence-electron chi connectivity index (χ4n) is 2.60. The van der Waals surface area contributed by atoms with Crippen LogP contribution in [0.4, 0.5) is 0 Å². The number of hydrogen-bond donors (Lipinski definition) is 2. The summed E-state index contributed by atoms with van der Waals surface area (Å²) >= 11 is 0. The Bertz CT molecular complexity index is 424. The van der Waals surface area contributed by atoms with Gasteiger partial charge in [0.1, 0.15) is 0 Å². The van der Waals surface area contributed by atoms with E-state index in [1.165, 1.54) is 5.56 Å². The highest BCUT2D eigenvalue weighted by atomic mass is 16.2.